The van der Waals surface area contributed by atoms with Gasteiger partial charge in [0.25, 0.3) is 0 Å². The van der Waals surface area contributed by atoms with E-state index in [9.17, 15) is 0 Å². The molecule has 0 amide bonds. The van der Waals surface area contributed by atoms with Gasteiger partial charge in [-0.3, -0.25) is 0 Å². The molecule has 0 saturated heterocycles. The van der Waals surface area contributed by atoms with Crippen LogP contribution in [0.4, 0.5) is 0 Å². The molecule has 20 heavy (non-hydrogen) atoms. The summed E-state index contributed by atoms with van der Waals surface area (Å²) in [5.41, 5.74) is 2.66. The summed E-state index contributed by atoms with van der Waals surface area (Å²) in [5, 5.41) is 0. The van der Waals surface area contributed by atoms with Crippen LogP contribution in [0.5, 0.6) is 11.5 Å². The van der Waals surface area contributed by atoms with E-state index in [0.29, 0.717) is 5.92 Å². The van der Waals surface area contributed by atoms with Crippen molar-refractivity contribution in [3.63, 3.8) is 0 Å². The minimum Gasteiger partial charge on any atom is -0.497 e. The molecule has 0 fully saturated rings. The van der Waals surface area contributed by atoms with Gasteiger partial charge in [-0.25, -0.2) is 0 Å². The van der Waals surface area contributed by atoms with Crippen LogP contribution in [0.1, 0.15) is 36.8 Å². The van der Waals surface area contributed by atoms with Crippen molar-refractivity contribution in [1.29, 1.82) is 0 Å². The van der Waals surface area contributed by atoms with Gasteiger partial charge in [0, 0.05) is 5.92 Å². The van der Waals surface area contributed by atoms with Crippen LogP contribution in [-0.2, 0) is 0 Å². The van der Waals surface area contributed by atoms with Gasteiger partial charge in [0.1, 0.15) is 11.5 Å². The van der Waals surface area contributed by atoms with Crippen molar-refractivity contribution in [3.8, 4) is 11.5 Å². The quantitative estimate of drug-likeness (QED) is 0.761. The molecule has 2 rings (SSSR count). The van der Waals surface area contributed by atoms with Gasteiger partial charge >= 0.3 is 0 Å². The Balaban J connectivity index is 2.28. The van der Waals surface area contributed by atoms with Crippen LogP contribution in [0.3, 0.4) is 0 Å². The summed E-state index contributed by atoms with van der Waals surface area (Å²) in [4.78, 5) is 0. The summed E-state index contributed by atoms with van der Waals surface area (Å²) < 4.78 is 10.5. The Hall–Kier alpha value is -1.96. The molecule has 0 unspecified atom stereocenters. The average Bonchev–Trinajstić information content (AvgIpc) is 2.53. The molecule has 2 aromatic carbocycles. The molecule has 0 spiro atoms. The van der Waals surface area contributed by atoms with Crippen molar-refractivity contribution in [3.05, 3.63) is 59.7 Å². The van der Waals surface area contributed by atoms with Gasteiger partial charge in [-0.15, -0.1) is 0 Å². The van der Waals surface area contributed by atoms with Gasteiger partial charge < -0.3 is 9.47 Å². The lowest BCUT2D eigenvalue weighted by Crippen LogP contribution is -2.01. The smallest absolute Gasteiger partial charge is 0.118 e. The molecule has 0 bridgehead atoms. The molecule has 0 aliphatic carbocycles. The molecule has 0 saturated carbocycles. The molecule has 2 heteroatoms. The molecule has 0 aromatic heterocycles. The summed E-state index contributed by atoms with van der Waals surface area (Å²) in [6.07, 6.45) is 2.29. The Morgan fingerprint density at radius 3 is 1.45 bits per heavy atom. The van der Waals surface area contributed by atoms with Gasteiger partial charge in [-0.2, -0.15) is 0 Å². The third kappa shape index (κ3) is 3.32. The zero-order valence-electron chi connectivity index (χ0n) is 12.4. The standard InChI is InChI=1S/C18H22O2/c1-4-5-18(14-6-10-16(19-2)11-7-14)15-8-12-17(20-3)13-9-15/h6-13,18H,4-5H2,1-3H3. The Morgan fingerprint density at radius 1 is 0.750 bits per heavy atom. The molecule has 0 aliphatic heterocycles. The summed E-state index contributed by atoms with van der Waals surface area (Å²) in [7, 11) is 3.39. The van der Waals surface area contributed by atoms with Gasteiger partial charge in [-0.1, -0.05) is 37.6 Å². The highest BCUT2D eigenvalue weighted by atomic mass is 16.5. The molecular weight excluding hydrogens is 248 g/mol. The zero-order chi connectivity index (χ0) is 14.4. The second kappa shape index (κ2) is 6.99. The summed E-state index contributed by atoms with van der Waals surface area (Å²) in [6.45, 7) is 2.22. The molecule has 2 nitrogen and oxygen atoms in total. The monoisotopic (exact) mass is 270 g/mol. The van der Waals surface area contributed by atoms with Gasteiger partial charge in [0.15, 0.2) is 0 Å². The van der Waals surface area contributed by atoms with E-state index in [1.165, 1.54) is 11.1 Å². The molecule has 0 aliphatic rings. The predicted molar refractivity (Wildman–Crippen MR) is 82.7 cm³/mol. The lowest BCUT2D eigenvalue weighted by molar-refractivity contribution is 0.414. The summed E-state index contributed by atoms with van der Waals surface area (Å²) in [5.74, 6) is 2.23. The average molecular weight is 270 g/mol. The van der Waals surface area contributed by atoms with Crippen molar-refractivity contribution in [2.75, 3.05) is 14.2 Å². The van der Waals surface area contributed by atoms with E-state index in [2.05, 4.69) is 31.2 Å². The SMILES string of the molecule is CCCC(c1ccc(OC)cc1)c1ccc(OC)cc1. The highest BCUT2D eigenvalue weighted by Crippen LogP contribution is 2.31. The first-order valence-corrected chi connectivity index (χ1v) is 7.06. The van der Waals surface area contributed by atoms with E-state index in [1.54, 1.807) is 14.2 Å². The summed E-state index contributed by atoms with van der Waals surface area (Å²) >= 11 is 0. The van der Waals surface area contributed by atoms with Crippen molar-refractivity contribution in [1.82, 2.24) is 0 Å². The largest absolute Gasteiger partial charge is 0.497 e. The van der Waals surface area contributed by atoms with E-state index in [4.69, 9.17) is 9.47 Å². The van der Waals surface area contributed by atoms with Crippen LogP contribution in [-0.4, -0.2) is 14.2 Å². The topological polar surface area (TPSA) is 18.5 Å². The molecular formula is C18H22O2. The fourth-order valence-corrected chi connectivity index (χ4v) is 2.49. The third-order valence-electron chi connectivity index (χ3n) is 3.61. The number of benzene rings is 2. The lowest BCUT2D eigenvalue weighted by Gasteiger charge is -2.18. The van der Waals surface area contributed by atoms with Crippen molar-refractivity contribution in [2.24, 2.45) is 0 Å². The van der Waals surface area contributed by atoms with Crippen LogP contribution in [0.15, 0.2) is 48.5 Å². The first kappa shape index (κ1) is 14.4. The van der Waals surface area contributed by atoms with Gasteiger partial charge in [-0.05, 0) is 41.8 Å². The van der Waals surface area contributed by atoms with Crippen LogP contribution in [0.25, 0.3) is 0 Å². The van der Waals surface area contributed by atoms with E-state index in [1.807, 2.05) is 24.3 Å². The Morgan fingerprint density at radius 2 is 1.15 bits per heavy atom. The number of ether oxygens (including phenoxy) is 2. The van der Waals surface area contributed by atoms with Crippen LogP contribution in [0, 0.1) is 0 Å². The number of hydrogen-bond acceptors (Lipinski definition) is 2. The number of methoxy groups -OCH3 is 2. The van der Waals surface area contributed by atoms with Crippen LogP contribution < -0.4 is 9.47 Å². The maximum absolute atomic E-state index is 5.23. The minimum absolute atomic E-state index is 0.428. The Kier molecular flexibility index (Phi) is 5.05. The maximum atomic E-state index is 5.23. The van der Waals surface area contributed by atoms with Gasteiger partial charge in [0.2, 0.25) is 0 Å². The highest BCUT2D eigenvalue weighted by molar-refractivity contribution is 5.38. The summed E-state index contributed by atoms with van der Waals surface area (Å²) in [6, 6.07) is 16.7. The predicted octanol–water partition coefficient (Wildman–Crippen LogP) is 4.64. The first-order valence-electron chi connectivity index (χ1n) is 7.06. The van der Waals surface area contributed by atoms with Crippen LogP contribution >= 0.6 is 0 Å². The Labute approximate surface area is 121 Å². The first-order chi connectivity index (χ1) is 9.78. The minimum atomic E-state index is 0.428. The zero-order valence-corrected chi connectivity index (χ0v) is 12.4. The molecule has 0 N–H and O–H groups in total. The second-order valence-corrected chi connectivity index (χ2v) is 4.89. The Bertz CT molecular complexity index is 467. The third-order valence-corrected chi connectivity index (χ3v) is 3.61. The van der Waals surface area contributed by atoms with E-state index >= 15 is 0 Å². The highest BCUT2D eigenvalue weighted by Gasteiger charge is 2.13. The van der Waals surface area contributed by atoms with Crippen molar-refractivity contribution in [2.45, 2.75) is 25.7 Å². The normalized spacial score (nSPS) is 10.6. The van der Waals surface area contributed by atoms with Crippen molar-refractivity contribution >= 4 is 0 Å². The van der Waals surface area contributed by atoms with E-state index < -0.39 is 0 Å². The molecule has 106 valence electrons. The lowest BCUT2D eigenvalue weighted by atomic mass is 9.87. The van der Waals surface area contributed by atoms with Gasteiger partial charge in [0.05, 0.1) is 14.2 Å². The van der Waals surface area contributed by atoms with Crippen molar-refractivity contribution < 1.29 is 9.47 Å². The fraction of sp³-hybridized carbons (Fsp3) is 0.333. The van der Waals surface area contributed by atoms with E-state index in [0.717, 1.165) is 24.3 Å². The molecule has 0 atom stereocenters. The number of rotatable bonds is 6. The second-order valence-electron chi connectivity index (χ2n) is 4.89. The van der Waals surface area contributed by atoms with Crippen LogP contribution in [0.2, 0.25) is 0 Å². The fourth-order valence-electron chi connectivity index (χ4n) is 2.49. The van der Waals surface area contributed by atoms with E-state index in [-0.39, 0.29) is 0 Å². The molecule has 0 heterocycles. The maximum Gasteiger partial charge on any atom is 0.118 e. The number of hydrogen-bond donors (Lipinski definition) is 0. The molecule has 0 radical (unpaired) electrons. The molecule has 2 aromatic rings.